The van der Waals surface area contributed by atoms with Crippen molar-refractivity contribution < 1.29 is 22.4 Å². The van der Waals surface area contributed by atoms with Crippen molar-refractivity contribution in [2.75, 3.05) is 11.6 Å². The number of rotatable bonds is 4. The summed E-state index contributed by atoms with van der Waals surface area (Å²) in [4.78, 5) is 23.5. The molecule has 0 fully saturated rings. The zero-order valence-corrected chi connectivity index (χ0v) is 17.3. The molecule has 0 radical (unpaired) electrons. The Morgan fingerprint density at radius 1 is 1.17 bits per heavy atom. The van der Waals surface area contributed by atoms with Crippen molar-refractivity contribution in [3.05, 3.63) is 51.8 Å². The third-order valence-corrected chi connectivity index (χ3v) is 4.82. The molecule has 0 saturated heterocycles. The molecule has 12 heteroatoms. The Kier molecular flexibility index (Phi) is 5.52. The molecule has 2 aromatic carbocycles. The van der Waals surface area contributed by atoms with Crippen LogP contribution in [0.1, 0.15) is 17.3 Å². The number of nitrogens with one attached hydrogen (secondary N) is 2. The molecular formula is C17H13Cl2FN4O4S. The minimum Gasteiger partial charge on any atom is -0.309 e. The Morgan fingerprint density at radius 3 is 2.48 bits per heavy atom. The molecule has 1 aromatic heterocycles. The lowest BCUT2D eigenvalue weighted by Crippen LogP contribution is -2.30. The van der Waals surface area contributed by atoms with Gasteiger partial charge in [0.25, 0.3) is 5.91 Å². The number of nitrogens with zero attached hydrogens (tertiary/aromatic N) is 2. The van der Waals surface area contributed by atoms with Crippen LogP contribution in [0.25, 0.3) is 16.6 Å². The third kappa shape index (κ3) is 4.50. The molecule has 0 aliphatic heterocycles. The van der Waals surface area contributed by atoms with Crippen molar-refractivity contribution in [1.29, 1.82) is 0 Å². The van der Waals surface area contributed by atoms with E-state index in [1.54, 1.807) is 22.9 Å². The van der Waals surface area contributed by atoms with Crippen molar-refractivity contribution in [2.24, 2.45) is 0 Å². The van der Waals surface area contributed by atoms with Crippen LogP contribution in [-0.2, 0) is 14.8 Å². The van der Waals surface area contributed by atoms with E-state index in [9.17, 15) is 22.4 Å². The SMILES string of the molecule is CC(=O)Nc1nn(-c2cc(F)c(C(=O)NS(C)(=O)=O)cc2Cl)c2ccc(Cl)cc12. The molecule has 8 nitrogen and oxygen atoms in total. The number of carbonyl (C=O) groups excluding carboxylic acids is 2. The quantitative estimate of drug-likeness (QED) is 0.623. The second-order valence-electron chi connectivity index (χ2n) is 6.09. The minimum absolute atomic E-state index is 0.0706. The van der Waals surface area contributed by atoms with Crippen LogP contribution in [0.4, 0.5) is 10.2 Å². The number of carbonyl (C=O) groups is 2. The van der Waals surface area contributed by atoms with Gasteiger partial charge in [-0.1, -0.05) is 23.2 Å². The first kappa shape index (κ1) is 21.0. The average molecular weight is 459 g/mol. The van der Waals surface area contributed by atoms with E-state index >= 15 is 0 Å². The fourth-order valence-electron chi connectivity index (χ4n) is 2.63. The summed E-state index contributed by atoms with van der Waals surface area (Å²) in [5, 5.41) is 7.63. The van der Waals surface area contributed by atoms with Crippen molar-refractivity contribution in [2.45, 2.75) is 6.92 Å². The minimum atomic E-state index is -3.88. The highest BCUT2D eigenvalue weighted by Crippen LogP contribution is 2.32. The predicted molar refractivity (Wildman–Crippen MR) is 108 cm³/mol. The van der Waals surface area contributed by atoms with Gasteiger partial charge in [-0.05, 0) is 24.3 Å². The molecule has 0 bridgehead atoms. The number of fused-ring (bicyclic) bond motifs is 1. The largest absolute Gasteiger partial charge is 0.309 e. The maximum atomic E-state index is 14.6. The van der Waals surface area contributed by atoms with Crippen LogP contribution in [0.15, 0.2) is 30.3 Å². The van der Waals surface area contributed by atoms with Crippen molar-refractivity contribution in [3.63, 3.8) is 0 Å². The van der Waals surface area contributed by atoms with E-state index in [1.807, 2.05) is 0 Å². The van der Waals surface area contributed by atoms with Crippen LogP contribution in [0, 0.1) is 5.82 Å². The Labute approximate surface area is 174 Å². The number of sulfonamides is 1. The molecule has 29 heavy (non-hydrogen) atoms. The van der Waals surface area contributed by atoms with Crippen LogP contribution >= 0.6 is 23.2 Å². The normalized spacial score (nSPS) is 11.5. The van der Waals surface area contributed by atoms with E-state index in [4.69, 9.17) is 23.2 Å². The van der Waals surface area contributed by atoms with Gasteiger partial charge < -0.3 is 5.32 Å². The van der Waals surface area contributed by atoms with Crippen molar-refractivity contribution in [1.82, 2.24) is 14.5 Å². The highest BCUT2D eigenvalue weighted by Gasteiger charge is 2.21. The zero-order chi connectivity index (χ0) is 21.5. The van der Waals surface area contributed by atoms with Crippen LogP contribution in [0.2, 0.25) is 10.0 Å². The number of halogens is 3. The van der Waals surface area contributed by atoms with Crippen LogP contribution in [0.3, 0.4) is 0 Å². The molecule has 3 rings (SSSR count). The molecule has 2 amide bonds. The maximum absolute atomic E-state index is 14.6. The molecule has 3 aromatic rings. The summed E-state index contributed by atoms with van der Waals surface area (Å²) in [6, 6.07) is 6.70. The molecular weight excluding hydrogens is 446 g/mol. The Bertz CT molecular complexity index is 1270. The summed E-state index contributed by atoms with van der Waals surface area (Å²) in [5.74, 6) is -2.36. The zero-order valence-electron chi connectivity index (χ0n) is 15.0. The topological polar surface area (TPSA) is 110 Å². The van der Waals surface area contributed by atoms with E-state index in [1.165, 1.54) is 11.6 Å². The number of hydrogen-bond acceptors (Lipinski definition) is 5. The third-order valence-electron chi connectivity index (χ3n) is 3.72. The van der Waals surface area contributed by atoms with E-state index in [-0.39, 0.29) is 22.4 Å². The molecule has 152 valence electrons. The Balaban J connectivity index is 2.16. The predicted octanol–water partition coefficient (Wildman–Crippen LogP) is 3.12. The van der Waals surface area contributed by atoms with Gasteiger partial charge in [0.05, 0.1) is 28.0 Å². The molecule has 0 spiro atoms. The van der Waals surface area contributed by atoms with E-state index < -0.39 is 27.3 Å². The van der Waals surface area contributed by atoms with Gasteiger partial charge in [-0.2, -0.15) is 0 Å². The van der Waals surface area contributed by atoms with Gasteiger partial charge in [0.2, 0.25) is 15.9 Å². The molecule has 0 atom stereocenters. The molecule has 2 N–H and O–H groups in total. The molecule has 0 aliphatic rings. The number of aromatic nitrogens is 2. The summed E-state index contributed by atoms with van der Waals surface area (Å²) in [5.41, 5.74) is -0.0115. The first-order chi connectivity index (χ1) is 13.5. The Hall–Kier alpha value is -2.69. The van der Waals surface area contributed by atoms with E-state index in [0.29, 0.717) is 15.9 Å². The van der Waals surface area contributed by atoms with Gasteiger partial charge in [0, 0.05) is 23.4 Å². The molecule has 0 saturated carbocycles. The fraction of sp³-hybridized carbons (Fsp3) is 0.118. The van der Waals surface area contributed by atoms with Crippen LogP contribution in [-0.4, -0.2) is 36.3 Å². The summed E-state index contributed by atoms with van der Waals surface area (Å²) in [6.07, 6.45) is 0.767. The van der Waals surface area contributed by atoms with Crippen molar-refractivity contribution >= 4 is 61.8 Å². The van der Waals surface area contributed by atoms with Gasteiger partial charge in [-0.25, -0.2) is 22.2 Å². The number of amides is 2. The summed E-state index contributed by atoms with van der Waals surface area (Å²) in [6.45, 7) is 1.30. The number of benzene rings is 2. The maximum Gasteiger partial charge on any atom is 0.267 e. The second kappa shape index (κ2) is 7.62. The summed E-state index contributed by atoms with van der Waals surface area (Å²) < 4.78 is 40.0. The lowest BCUT2D eigenvalue weighted by molar-refractivity contribution is -0.114. The standard InChI is InChI=1S/C17H13Cl2FN4O4S/c1-8(25)21-16-11-5-9(18)3-4-14(11)24(22-16)15-7-13(20)10(6-12(15)19)17(26)23-29(2,27)28/h3-7H,1-2H3,(H,23,26)(H,21,22,25). The lowest BCUT2D eigenvalue weighted by Gasteiger charge is -2.10. The van der Waals surface area contributed by atoms with E-state index in [0.717, 1.165) is 18.4 Å². The van der Waals surface area contributed by atoms with E-state index in [2.05, 4.69) is 10.4 Å². The molecule has 0 unspecified atom stereocenters. The fourth-order valence-corrected chi connectivity index (χ4v) is 3.49. The van der Waals surface area contributed by atoms with Crippen molar-refractivity contribution in [3.8, 4) is 5.69 Å². The van der Waals surface area contributed by atoms with Crippen LogP contribution < -0.4 is 10.0 Å². The molecule has 1 heterocycles. The first-order valence-electron chi connectivity index (χ1n) is 7.93. The highest BCUT2D eigenvalue weighted by molar-refractivity contribution is 7.89. The highest BCUT2D eigenvalue weighted by atomic mass is 35.5. The van der Waals surface area contributed by atoms with Gasteiger partial charge in [0.15, 0.2) is 5.82 Å². The monoisotopic (exact) mass is 458 g/mol. The van der Waals surface area contributed by atoms with Crippen LogP contribution in [0.5, 0.6) is 0 Å². The van der Waals surface area contributed by atoms with Gasteiger partial charge in [-0.3, -0.25) is 9.59 Å². The summed E-state index contributed by atoms with van der Waals surface area (Å²) in [7, 11) is -3.88. The lowest BCUT2D eigenvalue weighted by atomic mass is 10.1. The number of anilines is 1. The Morgan fingerprint density at radius 2 is 1.86 bits per heavy atom. The van der Waals surface area contributed by atoms with Gasteiger partial charge >= 0.3 is 0 Å². The summed E-state index contributed by atoms with van der Waals surface area (Å²) >= 11 is 12.2. The number of hydrogen-bond donors (Lipinski definition) is 2. The van der Waals surface area contributed by atoms with Gasteiger partial charge in [-0.15, -0.1) is 5.10 Å². The first-order valence-corrected chi connectivity index (χ1v) is 10.6. The molecule has 0 aliphatic carbocycles. The second-order valence-corrected chi connectivity index (χ2v) is 8.68. The van der Waals surface area contributed by atoms with Gasteiger partial charge in [0.1, 0.15) is 5.82 Å². The average Bonchev–Trinajstić information content (AvgIpc) is 2.92. The smallest absolute Gasteiger partial charge is 0.267 e.